The molecule has 30 heavy (non-hydrogen) atoms. The van der Waals surface area contributed by atoms with E-state index in [4.69, 9.17) is 11.6 Å². The predicted molar refractivity (Wildman–Crippen MR) is 128 cm³/mol. The smallest absolute Gasteiger partial charge is 0.315 e. The fourth-order valence-electron chi connectivity index (χ4n) is 4.03. The Morgan fingerprint density at radius 2 is 1.20 bits per heavy atom. The summed E-state index contributed by atoms with van der Waals surface area (Å²) in [6.45, 7) is 2.89. The maximum Gasteiger partial charge on any atom is 0.315 e. The fraction of sp³-hybridized carbons (Fsp3) is 0.957. The van der Waals surface area contributed by atoms with E-state index in [-0.39, 0.29) is 17.5 Å². The highest BCUT2D eigenvalue weighted by Crippen LogP contribution is 2.18. The lowest BCUT2D eigenvalue weighted by atomic mass is 10.0. The highest BCUT2D eigenvalue weighted by molar-refractivity contribution is 7.91. The van der Waals surface area contributed by atoms with E-state index < -0.39 is 21.3 Å². The molecule has 0 aliphatic carbocycles. The lowest BCUT2D eigenvalue weighted by Crippen LogP contribution is -2.46. The van der Waals surface area contributed by atoms with Crippen LogP contribution in [-0.2, 0) is 9.84 Å². The van der Waals surface area contributed by atoms with Crippen LogP contribution in [0.3, 0.4) is 0 Å². The number of hydrogen-bond acceptors (Lipinski definition) is 3. The van der Waals surface area contributed by atoms with Gasteiger partial charge < -0.3 is 10.6 Å². The van der Waals surface area contributed by atoms with Gasteiger partial charge in [0.05, 0.1) is 22.9 Å². The second kappa shape index (κ2) is 17.1. The molecule has 178 valence electrons. The van der Waals surface area contributed by atoms with Crippen LogP contribution in [0.4, 0.5) is 4.79 Å². The molecule has 1 aliphatic heterocycles. The van der Waals surface area contributed by atoms with Crippen molar-refractivity contribution >= 4 is 27.5 Å². The van der Waals surface area contributed by atoms with Crippen molar-refractivity contribution in [3.05, 3.63) is 0 Å². The first-order chi connectivity index (χ1) is 14.4. The van der Waals surface area contributed by atoms with E-state index in [2.05, 4.69) is 17.6 Å². The van der Waals surface area contributed by atoms with Gasteiger partial charge >= 0.3 is 6.03 Å². The third-order valence-corrected chi connectivity index (χ3v) is 8.29. The van der Waals surface area contributed by atoms with Gasteiger partial charge in [-0.05, 0) is 6.42 Å². The molecule has 0 radical (unpaired) electrons. The van der Waals surface area contributed by atoms with Crippen molar-refractivity contribution in [2.75, 3.05) is 18.1 Å². The van der Waals surface area contributed by atoms with E-state index in [0.29, 0.717) is 6.54 Å². The van der Waals surface area contributed by atoms with Crippen molar-refractivity contribution in [2.24, 2.45) is 0 Å². The molecule has 1 rings (SSSR count). The Kier molecular flexibility index (Phi) is 15.7. The summed E-state index contributed by atoms with van der Waals surface area (Å²) in [7, 11) is -3.12. The van der Waals surface area contributed by atoms with E-state index >= 15 is 0 Å². The maximum atomic E-state index is 11.8. The molecule has 1 aliphatic rings. The van der Waals surface area contributed by atoms with Crippen LogP contribution in [0.15, 0.2) is 0 Å². The molecule has 0 aromatic rings. The zero-order valence-electron chi connectivity index (χ0n) is 19.1. The molecule has 2 amide bonds. The summed E-state index contributed by atoms with van der Waals surface area (Å²) in [6.07, 6.45) is 21.2. The molecular weight excluding hydrogens is 420 g/mol. The summed E-state index contributed by atoms with van der Waals surface area (Å²) >= 11 is 5.99. The molecule has 2 atom stereocenters. The molecule has 1 fully saturated rings. The first-order valence-electron chi connectivity index (χ1n) is 12.3. The number of carbonyl (C=O) groups is 1. The zero-order valence-corrected chi connectivity index (χ0v) is 20.7. The molecular formula is C23H45ClN2O3S. The van der Waals surface area contributed by atoms with Crippen molar-refractivity contribution in [3.8, 4) is 0 Å². The number of halogens is 1. The van der Waals surface area contributed by atoms with E-state index in [0.717, 1.165) is 12.8 Å². The largest absolute Gasteiger partial charge is 0.338 e. The van der Waals surface area contributed by atoms with Gasteiger partial charge in [0.15, 0.2) is 9.84 Å². The second-order valence-corrected chi connectivity index (χ2v) is 11.6. The summed E-state index contributed by atoms with van der Waals surface area (Å²) in [6, 6.07) is -0.800. The van der Waals surface area contributed by atoms with E-state index in [1.54, 1.807) is 0 Å². The summed E-state index contributed by atoms with van der Waals surface area (Å²) in [5, 5.41) is 4.95. The normalized spacial score (nSPS) is 20.3. The lowest BCUT2D eigenvalue weighted by Gasteiger charge is -2.15. The molecule has 1 saturated heterocycles. The highest BCUT2D eigenvalue weighted by Gasteiger charge is 2.37. The Balaban J connectivity index is 1.80. The summed E-state index contributed by atoms with van der Waals surface area (Å²) in [5.41, 5.74) is 0. The van der Waals surface area contributed by atoms with Crippen molar-refractivity contribution in [3.63, 3.8) is 0 Å². The van der Waals surface area contributed by atoms with Gasteiger partial charge in [-0.25, -0.2) is 13.2 Å². The van der Waals surface area contributed by atoms with Crippen LogP contribution in [0.2, 0.25) is 0 Å². The highest BCUT2D eigenvalue weighted by atomic mass is 35.5. The third kappa shape index (κ3) is 14.5. The van der Waals surface area contributed by atoms with Gasteiger partial charge in [-0.1, -0.05) is 103 Å². The molecule has 7 heteroatoms. The fourth-order valence-corrected chi connectivity index (χ4v) is 6.58. The minimum absolute atomic E-state index is 0.0569. The first-order valence-corrected chi connectivity index (χ1v) is 14.6. The number of rotatable bonds is 18. The van der Waals surface area contributed by atoms with Gasteiger partial charge in [-0.3, -0.25) is 0 Å². The molecule has 0 bridgehead atoms. The van der Waals surface area contributed by atoms with Crippen LogP contribution >= 0.6 is 11.6 Å². The number of nitrogens with one attached hydrogen (secondary N) is 2. The Hall–Kier alpha value is -0.490. The standard InChI is InChI=1S/C23H45ClN2O3S/c1-2-3-4-5-6-7-8-9-10-11-12-13-14-15-16-17-18-25-23(27)26-22-20-30(28,29)19-21(22)24/h21-22H,2-20H2,1H3,(H2,25,26,27). The van der Waals surface area contributed by atoms with Crippen molar-refractivity contribution in [1.29, 1.82) is 0 Å². The summed E-state index contributed by atoms with van der Waals surface area (Å²) in [5.74, 6) is -0.119. The molecule has 2 unspecified atom stereocenters. The minimum atomic E-state index is -3.12. The van der Waals surface area contributed by atoms with Gasteiger partial charge in [0.25, 0.3) is 0 Å². The first kappa shape index (κ1) is 27.5. The van der Waals surface area contributed by atoms with Gasteiger partial charge in [0.2, 0.25) is 0 Å². The third-order valence-electron chi connectivity index (χ3n) is 5.92. The minimum Gasteiger partial charge on any atom is -0.338 e. The van der Waals surface area contributed by atoms with Crippen LogP contribution in [0.1, 0.15) is 110 Å². The quantitative estimate of drug-likeness (QED) is 0.194. The van der Waals surface area contributed by atoms with Crippen LogP contribution in [-0.4, -0.2) is 43.9 Å². The Morgan fingerprint density at radius 1 is 0.767 bits per heavy atom. The Bertz CT molecular complexity index is 543. The monoisotopic (exact) mass is 464 g/mol. The van der Waals surface area contributed by atoms with Crippen LogP contribution in [0, 0.1) is 0 Å². The van der Waals surface area contributed by atoms with Crippen molar-refractivity contribution in [2.45, 2.75) is 121 Å². The summed E-state index contributed by atoms with van der Waals surface area (Å²) in [4.78, 5) is 11.8. The number of unbranched alkanes of at least 4 members (excludes halogenated alkanes) is 15. The van der Waals surface area contributed by atoms with Gasteiger partial charge in [0.1, 0.15) is 0 Å². The molecule has 0 aromatic carbocycles. The van der Waals surface area contributed by atoms with E-state index in [9.17, 15) is 13.2 Å². The average Bonchev–Trinajstić information content (AvgIpc) is 2.95. The topological polar surface area (TPSA) is 75.3 Å². The van der Waals surface area contributed by atoms with Crippen LogP contribution in [0.5, 0.6) is 0 Å². The van der Waals surface area contributed by atoms with E-state index in [1.165, 1.54) is 89.9 Å². The van der Waals surface area contributed by atoms with Crippen LogP contribution < -0.4 is 10.6 Å². The SMILES string of the molecule is CCCCCCCCCCCCCCCCCCNC(=O)NC1CS(=O)(=O)CC1Cl. The maximum absolute atomic E-state index is 11.8. The molecule has 0 aromatic heterocycles. The van der Waals surface area contributed by atoms with Crippen molar-refractivity contribution in [1.82, 2.24) is 10.6 Å². The zero-order chi connectivity index (χ0) is 22.1. The van der Waals surface area contributed by atoms with Gasteiger partial charge in [-0.15, -0.1) is 11.6 Å². The number of amides is 2. The number of carbonyl (C=O) groups excluding carboxylic acids is 1. The van der Waals surface area contributed by atoms with E-state index in [1.807, 2.05) is 0 Å². The lowest BCUT2D eigenvalue weighted by molar-refractivity contribution is 0.238. The molecule has 0 spiro atoms. The van der Waals surface area contributed by atoms with Gasteiger partial charge in [0, 0.05) is 6.54 Å². The molecule has 0 saturated carbocycles. The Morgan fingerprint density at radius 3 is 1.60 bits per heavy atom. The molecule has 2 N–H and O–H groups in total. The average molecular weight is 465 g/mol. The predicted octanol–water partition coefficient (Wildman–Crippen LogP) is 5.95. The summed E-state index contributed by atoms with van der Waals surface area (Å²) < 4.78 is 23.0. The Labute approximate surface area is 190 Å². The van der Waals surface area contributed by atoms with Crippen LogP contribution in [0.25, 0.3) is 0 Å². The number of hydrogen-bond donors (Lipinski definition) is 2. The van der Waals surface area contributed by atoms with Gasteiger partial charge in [-0.2, -0.15) is 0 Å². The number of urea groups is 1. The second-order valence-electron chi connectivity index (χ2n) is 8.90. The molecule has 1 heterocycles. The number of sulfone groups is 1. The number of alkyl halides is 1. The molecule has 5 nitrogen and oxygen atoms in total. The van der Waals surface area contributed by atoms with Crippen molar-refractivity contribution < 1.29 is 13.2 Å².